The van der Waals surface area contributed by atoms with E-state index in [1.807, 2.05) is 30.3 Å². The second kappa shape index (κ2) is 4.93. The third-order valence-corrected chi connectivity index (χ3v) is 4.62. The van der Waals surface area contributed by atoms with Gasteiger partial charge in [0.25, 0.3) is 0 Å². The van der Waals surface area contributed by atoms with Gasteiger partial charge in [-0.1, -0.05) is 42.5 Å². The molecule has 2 fully saturated rings. The van der Waals surface area contributed by atoms with E-state index in [0.29, 0.717) is 12.3 Å². The quantitative estimate of drug-likeness (QED) is 0.824. The van der Waals surface area contributed by atoms with Gasteiger partial charge in [0, 0.05) is 6.42 Å². The maximum absolute atomic E-state index is 12.3. The van der Waals surface area contributed by atoms with E-state index in [0.717, 1.165) is 24.8 Å². The number of carbonyl (C=O) groups is 1. The highest BCUT2D eigenvalue weighted by Gasteiger charge is 2.43. The van der Waals surface area contributed by atoms with E-state index in [2.05, 4.69) is 6.58 Å². The van der Waals surface area contributed by atoms with Gasteiger partial charge >= 0.3 is 0 Å². The minimum Gasteiger partial charge on any atom is -0.388 e. The molecule has 2 saturated carbocycles. The van der Waals surface area contributed by atoms with Crippen LogP contribution in [0.2, 0.25) is 0 Å². The molecule has 2 nitrogen and oxygen atoms in total. The molecule has 0 unspecified atom stereocenters. The molecule has 2 heteroatoms. The third-order valence-electron chi connectivity index (χ3n) is 4.62. The normalized spacial score (nSPS) is 32.2. The number of benzene rings is 1. The van der Waals surface area contributed by atoms with Crippen LogP contribution in [0.15, 0.2) is 42.5 Å². The van der Waals surface area contributed by atoms with Crippen molar-refractivity contribution in [1.29, 1.82) is 0 Å². The zero-order valence-electron chi connectivity index (χ0n) is 11.1. The lowest BCUT2D eigenvalue weighted by atomic mass is 9.63. The maximum Gasteiger partial charge on any atom is 0.139 e. The van der Waals surface area contributed by atoms with E-state index >= 15 is 0 Å². The molecular weight excluding hydrogens is 236 g/mol. The zero-order valence-corrected chi connectivity index (χ0v) is 11.1. The van der Waals surface area contributed by atoms with Gasteiger partial charge in [-0.15, -0.1) is 0 Å². The van der Waals surface area contributed by atoms with Crippen LogP contribution in [0.4, 0.5) is 0 Å². The van der Waals surface area contributed by atoms with Crippen molar-refractivity contribution < 1.29 is 9.90 Å². The fourth-order valence-corrected chi connectivity index (χ4v) is 3.86. The Balaban J connectivity index is 1.86. The summed E-state index contributed by atoms with van der Waals surface area (Å²) in [5, 5.41) is 10.6. The highest BCUT2D eigenvalue weighted by Crippen LogP contribution is 2.47. The van der Waals surface area contributed by atoms with Crippen LogP contribution in [-0.4, -0.2) is 10.9 Å². The summed E-state index contributed by atoms with van der Waals surface area (Å²) < 4.78 is 0. The van der Waals surface area contributed by atoms with Crippen molar-refractivity contribution >= 4 is 5.78 Å². The lowest BCUT2D eigenvalue weighted by Gasteiger charge is -2.42. The summed E-state index contributed by atoms with van der Waals surface area (Å²) in [6, 6.07) is 9.56. The molecule has 2 bridgehead atoms. The van der Waals surface area contributed by atoms with Gasteiger partial charge in [-0.2, -0.15) is 0 Å². The Labute approximate surface area is 114 Å². The molecule has 0 radical (unpaired) electrons. The van der Waals surface area contributed by atoms with Crippen molar-refractivity contribution in [2.24, 2.45) is 17.8 Å². The van der Waals surface area contributed by atoms with Crippen molar-refractivity contribution in [3.05, 3.63) is 48.0 Å². The molecule has 100 valence electrons. The third kappa shape index (κ3) is 2.37. The number of rotatable bonds is 2. The number of ketones is 1. The fourth-order valence-electron chi connectivity index (χ4n) is 3.86. The first-order valence-electron chi connectivity index (χ1n) is 7.07. The number of aliphatic hydroxyl groups excluding tert-OH is 1. The number of Topliss-reactive ketones (excluding diaryl/α,β-unsaturated/α-hetero) is 1. The molecule has 2 aliphatic rings. The maximum atomic E-state index is 12.3. The highest BCUT2D eigenvalue weighted by atomic mass is 16.3. The van der Waals surface area contributed by atoms with Crippen molar-refractivity contribution in [2.45, 2.75) is 31.8 Å². The zero-order chi connectivity index (χ0) is 13.4. The predicted octanol–water partition coefficient (Wildman–Crippen LogP) is 3.28. The van der Waals surface area contributed by atoms with Gasteiger partial charge in [-0.3, -0.25) is 4.79 Å². The van der Waals surface area contributed by atoms with E-state index in [1.54, 1.807) is 0 Å². The molecule has 0 saturated heterocycles. The summed E-state index contributed by atoms with van der Waals surface area (Å²) in [7, 11) is 0. The minimum absolute atomic E-state index is 0.240. The van der Waals surface area contributed by atoms with Crippen LogP contribution in [0.3, 0.4) is 0 Å². The lowest BCUT2D eigenvalue weighted by Crippen LogP contribution is -2.39. The molecule has 0 heterocycles. The van der Waals surface area contributed by atoms with Gasteiger partial charge in [0.05, 0.1) is 12.0 Å². The van der Waals surface area contributed by atoms with E-state index < -0.39 is 6.10 Å². The number of fused-ring (bicyclic) bond motifs is 2. The minimum atomic E-state index is -0.662. The molecule has 0 amide bonds. The number of carbonyl (C=O) groups excluding carboxylic acids is 1. The average Bonchev–Trinajstić information content (AvgIpc) is 2.38. The molecular formula is C17H20O2. The summed E-state index contributed by atoms with van der Waals surface area (Å²) in [6.07, 6.45) is 2.92. The standard InChI is InChI=1S/C17H20O2/c1-11-7-12-9-14(8-11)16(15(18)10-12)17(19)13-5-3-2-4-6-13/h2-6,12,14,16-17,19H,1,7-10H2/t12-,14+,16-,17+/m0/s1. The molecule has 1 aromatic rings. The number of aliphatic hydroxyl groups is 1. The summed E-state index contributed by atoms with van der Waals surface area (Å²) in [6.45, 7) is 4.10. The molecule has 3 rings (SSSR count). The van der Waals surface area contributed by atoms with Crippen molar-refractivity contribution in [3.63, 3.8) is 0 Å². The number of allylic oxidation sites excluding steroid dienone is 1. The predicted molar refractivity (Wildman–Crippen MR) is 74.5 cm³/mol. The Morgan fingerprint density at radius 2 is 1.89 bits per heavy atom. The first-order chi connectivity index (χ1) is 9.15. The van der Waals surface area contributed by atoms with Crippen LogP contribution >= 0.6 is 0 Å². The Morgan fingerprint density at radius 3 is 2.63 bits per heavy atom. The highest BCUT2D eigenvalue weighted by molar-refractivity contribution is 5.83. The molecule has 19 heavy (non-hydrogen) atoms. The van der Waals surface area contributed by atoms with Crippen LogP contribution < -0.4 is 0 Å². The smallest absolute Gasteiger partial charge is 0.139 e. The van der Waals surface area contributed by atoms with E-state index in [4.69, 9.17) is 0 Å². The van der Waals surface area contributed by atoms with Gasteiger partial charge in [-0.05, 0) is 36.7 Å². The van der Waals surface area contributed by atoms with Gasteiger partial charge in [0.15, 0.2) is 0 Å². The van der Waals surface area contributed by atoms with Crippen molar-refractivity contribution in [1.82, 2.24) is 0 Å². The summed E-state index contributed by atoms with van der Waals surface area (Å²) >= 11 is 0. The molecule has 1 N–H and O–H groups in total. The molecule has 2 aliphatic carbocycles. The van der Waals surface area contributed by atoms with Gasteiger partial charge in [0.2, 0.25) is 0 Å². The molecule has 0 aliphatic heterocycles. The van der Waals surface area contributed by atoms with Crippen LogP contribution in [0, 0.1) is 17.8 Å². The first kappa shape index (κ1) is 12.6. The summed E-state index contributed by atoms with van der Waals surface area (Å²) in [5.41, 5.74) is 2.11. The monoisotopic (exact) mass is 256 g/mol. The van der Waals surface area contributed by atoms with E-state index in [-0.39, 0.29) is 17.6 Å². The Kier molecular flexibility index (Phi) is 3.28. The number of hydrogen-bond donors (Lipinski definition) is 1. The van der Waals surface area contributed by atoms with Crippen LogP contribution in [0.5, 0.6) is 0 Å². The van der Waals surface area contributed by atoms with E-state index in [1.165, 1.54) is 5.57 Å². The largest absolute Gasteiger partial charge is 0.388 e. The summed E-state index contributed by atoms with van der Waals surface area (Å²) in [4.78, 5) is 12.3. The number of hydrogen-bond acceptors (Lipinski definition) is 2. The van der Waals surface area contributed by atoms with Crippen LogP contribution in [0.1, 0.15) is 37.4 Å². The molecule has 0 aromatic heterocycles. The Bertz CT molecular complexity index is 491. The second-order valence-corrected chi connectivity index (χ2v) is 6.07. The Hall–Kier alpha value is -1.41. The van der Waals surface area contributed by atoms with Crippen molar-refractivity contribution in [2.75, 3.05) is 0 Å². The van der Waals surface area contributed by atoms with Gasteiger partial charge in [-0.25, -0.2) is 0 Å². The van der Waals surface area contributed by atoms with Crippen LogP contribution in [-0.2, 0) is 4.79 Å². The fraction of sp³-hybridized carbons (Fsp3) is 0.471. The Morgan fingerprint density at radius 1 is 1.16 bits per heavy atom. The SMILES string of the molecule is C=C1C[C@@H]2CC(=O)[C@@H]([C@H](O)c3ccccc3)[C@H](C1)C2. The lowest BCUT2D eigenvalue weighted by molar-refractivity contribution is -0.134. The van der Waals surface area contributed by atoms with Gasteiger partial charge < -0.3 is 5.11 Å². The first-order valence-corrected chi connectivity index (χ1v) is 7.07. The molecule has 4 atom stereocenters. The average molecular weight is 256 g/mol. The summed E-state index contributed by atoms with van der Waals surface area (Å²) in [5.74, 6) is 0.751. The topological polar surface area (TPSA) is 37.3 Å². The van der Waals surface area contributed by atoms with E-state index in [9.17, 15) is 9.90 Å². The molecule has 1 aromatic carbocycles. The van der Waals surface area contributed by atoms with Gasteiger partial charge in [0.1, 0.15) is 5.78 Å². The molecule has 0 spiro atoms. The van der Waals surface area contributed by atoms with Crippen molar-refractivity contribution in [3.8, 4) is 0 Å². The van der Waals surface area contributed by atoms with Crippen LogP contribution in [0.25, 0.3) is 0 Å². The second-order valence-electron chi connectivity index (χ2n) is 6.07.